The van der Waals surface area contributed by atoms with Gasteiger partial charge in [-0.3, -0.25) is 9.59 Å². The molecule has 5 nitrogen and oxygen atoms in total. The van der Waals surface area contributed by atoms with Crippen molar-refractivity contribution in [3.05, 3.63) is 11.6 Å². The SMILES string of the molecule is CC(=O)OCC1=CC(=O)C2C(CCC3C(C)(C)CCCC23C)C1(O)C1CO1. The predicted octanol–water partition coefficient (Wildman–Crippen LogP) is 3.05. The minimum Gasteiger partial charge on any atom is -0.461 e. The van der Waals surface area contributed by atoms with Gasteiger partial charge in [0.05, 0.1) is 6.61 Å². The van der Waals surface area contributed by atoms with E-state index in [4.69, 9.17) is 9.47 Å². The van der Waals surface area contributed by atoms with Crippen molar-refractivity contribution in [2.24, 2.45) is 28.6 Å². The average molecular weight is 376 g/mol. The van der Waals surface area contributed by atoms with Gasteiger partial charge in [-0.05, 0) is 48.5 Å². The standard InChI is InChI=1S/C22H32O5/c1-13(23)26-11-14-10-16(24)19-15(22(14,25)18-12-27-18)6-7-17-20(2,3)8-5-9-21(17,19)4/h10,15,17-19,25H,5-9,11-12H2,1-4H3. The van der Waals surface area contributed by atoms with E-state index in [1.807, 2.05) is 0 Å². The van der Waals surface area contributed by atoms with Gasteiger partial charge in [0.25, 0.3) is 0 Å². The van der Waals surface area contributed by atoms with Gasteiger partial charge in [0.2, 0.25) is 0 Å². The molecule has 0 aromatic carbocycles. The molecule has 2 saturated carbocycles. The molecule has 3 aliphatic carbocycles. The molecule has 150 valence electrons. The zero-order valence-electron chi connectivity index (χ0n) is 16.9. The molecule has 1 heterocycles. The van der Waals surface area contributed by atoms with Crippen LogP contribution in [-0.2, 0) is 19.1 Å². The van der Waals surface area contributed by atoms with E-state index in [9.17, 15) is 14.7 Å². The Bertz CT molecular complexity index is 691. The second-order valence-corrected chi connectivity index (χ2v) is 10.1. The molecular formula is C22H32O5. The van der Waals surface area contributed by atoms with Crippen LogP contribution in [0.3, 0.4) is 0 Å². The highest BCUT2D eigenvalue weighted by atomic mass is 16.6. The predicted molar refractivity (Wildman–Crippen MR) is 99.9 cm³/mol. The first-order valence-corrected chi connectivity index (χ1v) is 10.3. The van der Waals surface area contributed by atoms with Crippen molar-refractivity contribution >= 4 is 11.8 Å². The Morgan fingerprint density at radius 2 is 2.00 bits per heavy atom. The van der Waals surface area contributed by atoms with Crippen molar-refractivity contribution in [3.8, 4) is 0 Å². The maximum Gasteiger partial charge on any atom is 0.302 e. The first-order chi connectivity index (χ1) is 12.6. The van der Waals surface area contributed by atoms with E-state index in [0.717, 1.165) is 25.7 Å². The molecule has 6 atom stereocenters. The number of hydrogen-bond acceptors (Lipinski definition) is 5. The van der Waals surface area contributed by atoms with Gasteiger partial charge in [-0.1, -0.05) is 27.2 Å². The molecule has 27 heavy (non-hydrogen) atoms. The third kappa shape index (κ3) is 2.80. The quantitative estimate of drug-likeness (QED) is 0.605. The van der Waals surface area contributed by atoms with Crippen molar-refractivity contribution < 1.29 is 24.2 Å². The summed E-state index contributed by atoms with van der Waals surface area (Å²) in [5.74, 6) is -0.183. The third-order valence-electron chi connectivity index (χ3n) is 8.11. The van der Waals surface area contributed by atoms with Gasteiger partial charge >= 0.3 is 5.97 Å². The van der Waals surface area contributed by atoms with E-state index in [1.165, 1.54) is 13.3 Å². The molecule has 0 amide bonds. The maximum atomic E-state index is 13.3. The maximum absolute atomic E-state index is 13.3. The lowest BCUT2D eigenvalue weighted by Crippen LogP contribution is -2.63. The van der Waals surface area contributed by atoms with Crippen LogP contribution in [0.15, 0.2) is 11.6 Å². The molecule has 4 rings (SSSR count). The molecule has 4 aliphatic rings. The Balaban J connectivity index is 1.75. The van der Waals surface area contributed by atoms with Crippen LogP contribution in [0.1, 0.15) is 59.8 Å². The van der Waals surface area contributed by atoms with Gasteiger partial charge in [0.15, 0.2) is 5.78 Å². The number of esters is 1. The Hall–Kier alpha value is -1.20. The number of rotatable bonds is 3. The fourth-order valence-electron chi connectivity index (χ4n) is 6.93. The molecule has 6 unspecified atom stereocenters. The first-order valence-electron chi connectivity index (χ1n) is 10.3. The number of allylic oxidation sites excluding steroid dienone is 1. The van der Waals surface area contributed by atoms with Gasteiger partial charge in [0, 0.05) is 24.3 Å². The topological polar surface area (TPSA) is 76.1 Å². The minimum absolute atomic E-state index is 0.0354. The summed E-state index contributed by atoms with van der Waals surface area (Å²) < 4.78 is 10.7. The van der Waals surface area contributed by atoms with Crippen LogP contribution in [0.5, 0.6) is 0 Å². The zero-order valence-corrected chi connectivity index (χ0v) is 16.9. The number of ketones is 1. The van der Waals surface area contributed by atoms with Crippen LogP contribution < -0.4 is 0 Å². The third-order valence-corrected chi connectivity index (χ3v) is 8.11. The Labute approximate surface area is 161 Å². The monoisotopic (exact) mass is 376 g/mol. The summed E-state index contributed by atoms with van der Waals surface area (Å²) >= 11 is 0. The number of carbonyl (C=O) groups is 2. The Morgan fingerprint density at radius 3 is 2.63 bits per heavy atom. The number of carbonyl (C=O) groups excluding carboxylic acids is 2. The van der Waals surface area contributed by atoms with Crippen LogP contribution in [0, 0.1) is 28.6 Å². The Morgan fingerprint density at radius 1 is 1.30 bits per heavy atom. The number of aliphatic hydroxyl groups is 1. The molecule has 1 saturated heterocycles. The fourth-order valence-corrected chi connectivity index (χ4v) is 6.93. The lowest BCUT2D eigenvalue weighted by Gasteiger charge is -2.61. The van der Waals surface area contributed by atoms with Crippen LogP contribution in [-0.4, -0.2) is 41.8 Å². The minimum atomic E-state index is -1.20. The van der Waals surface area contributed by atoms with E-state index in [-0.39, 0.29) is 41.2 Å². The van der Waals surface area contributed by atoms with E-state index < -0.39 is 11.6 Å². The van der Waals surface area contributed by atoms with Gasteiger partial charge in [-0.2, -0.15) is 0 Å². The summed E-state index contributed by atoms with van der Waals surface area (Å²) in [5, 5.41) is 11.8. The molecule has 0 bridgehead atoms. The van der Waals surface area contributed by atoms with Crippen molar-refractivity contribution in [1.29, 1.82) is 0 Å². The van der Waals surface area contributed by atoms with Crippen molar-refractivity contribution in [1.82, 2.24) is 0 Å². The highest BCUT2D eigenvalue weighted by Crippen LogP contribution is 2.65. The highest BCUT2D eigenvalue weighted by molar-refractivity contribution is 5.95. The summed E-state index contributed by atoms with van der Waals surface area (Å²) in [5.41, 5.74) is -0.574. The summed E-state index contributed by atoms with van der Waals surface area (Å²) in [4.78, 5) is 24.6. The van der Waals surface area contributed by atoms with Crippen LogP contribution >= 0.6 is 0 Å². The van der Waals surface area contributed by atoms with Crippen molar-refractivity contribution in [2.45, 2.75) is 71.5 Å². The number of fused-ring (bicyclic) bond motifs is 3. The van der Waals surface area contributed by atoms with Gasteiger partial charge in [-0.25, -0.2) is 0 Å². The van der Waals surface area contributed by atoms with Crippen LogP contribution in [0.25, 0.3) is 0 Å². The van der Waals surface area contributed by atoms with Crippen LogP contribution in [0.4, 0.5) is 0 Å². The van der Waals surface area contributed by atoms with Crippen molar-refractivity contribution in [3.63, 3.8) is 0 Å². The lowest BCUT2D eigenvalue weighted by molar-refractivity contribution is -0.168. The smallest absolute Gasteiger partial charge is 0.302 e. The molecule has 0 aromatic rings. The zero-order chi connectivity index (χ0) is 19.6. The van der Waals surface area contributed by atoms with Gasteiger partial charge < -0.3 is 14.6 Å². The summed E-state index contributed by atoms with van der Waals surface area (Å²) in [6.45, 7) is 8.74. The normalized spacial score (nSPS) is 45.4. The van der Waals surface area contributed by atoms with E-state index in [1.54, 1.807) is 6.08 Å². The second-order valence-electron chi connectivity index (χ2n) is 10.1. The highest BCUT2D eigenvalue weighted by Gasteiger charge is 2.66. The average Bonchev–Trinajstić information content (AvgIpc) is 3.40. The van der Waals surface area contributed by atoms with Crippen LogP contribution in [0.2, 0.25) is 0 Å². The summed E-state index contributed by atoms with van der Waals surface area (Å²) in [7, 11) is 0. The number of epoxide rings is 1. The molecule has 0 spiro atoms. The first kappa shape index (κ1) is 19.1. The molecule has 3 fully saturated rings. The fraction of sp³-hybridized carbons (Fsp3) is 0.818. The van der Waals surface area contributed by atoms with E-state index in [2.05, 4.69) is 20.8 Å². The van der Waals surface area contributed by atoms with E-state index in [0.29, 0.717) is 18.1 Å². The van der Waals surface area contributed by atoms with Crippen molar-refractivity contribution in [2.75, 3.05) is 13.2 Å². The number of ether oxygens (including phenoxy) is 2. The largest absolute Gasteiger partial charge is 0.461 e. The molecule has 0 aromatic heterocycles. The van der Waals surface area contributed by atoms with E-state index >= 15 is 0 Å². The molecule has 1 N–H and O–H groups in total. The van der Waals surface area contributed by atoms with Gasteiger partial charge in [-0.15, -0.1) is 0 Å². The molecule has 0 radical (unpaired) electrons. The van der Waals surface area contributed by atoms with Gasteiger partial charge in [0.1, 0.15) is 18.3 Å². The summed E-state index contributed by atoms with van der Waals surface area (Å²) in [6.07, 6.45) is 6.46. The summed E-state index contributed by atoms with van der Waals surface area (Å²) in [6, 6.07) is 0. The molecule has 1 aliphatic heterocycles. The number of hydrogen-bond donors (Lipinski definition) is 1. The molecule has 5 heteroatoms. The Kier molecular flexibility index (Phi) is 4.36. The second kappa shape index (κ2) is 6.15. The molecular weight excluding hydrogens is 344 g/mol. The lowest BCUT2D eigenvalue weighted by atomic mass is 9.43.